The van der Waals surface area contributed by atoms with Gasteiger partial charge in [-0.25, -0.2) is 0 Å². The number of nitrogens with two attached hydrogens (primary N) is 1. The van der Waals surface area contributed by atoms with Gasteiger partial charge >= 0.3 is 5.97 Å². The molecule has 0 heterocycles. The quantitative estimate of drug-likeness (QED) is 0.813. The molecule has 1 spiro atoms. The highest BCUT2D eigenvalue weighted by molar-refractivity contribution is 5.74. The van der Waals surface area contributed by atoms with Gasteiger partial charge in [0.15, 0.2) is 0 Å². The monoisotopic (exact) mass is 361 g/mol. The summed E-state index contributed by atoms with van der Waals surface area (Å²) in [4.78, 5) is 12.5. The normalized spacial score (nSPS) is 28.5. The van der Waals surface area contributed by atoms with Gasteiger partial charge in [-0.2, -0.15) is 0 Å². The number of benzene rings is 1. The van der Waals surface area contributed by atoms with Crippen LogP contribution in [-0.2, 0) is 14.9 Å². The maximum absolute atomic E-state index is 12.5. The Morgan fingerprint density at radius 1 is 1.27 bits per heavy atom. The summed E-state index contributed by atoms with van der Waals surface area (Å²) in [5.41, 5.74) is 8.67. The van der Waals surface area contributed by atoms with Crippen molar-refractivity contribution in [2.75, 3.05) is 20.8 Å². The second-order valence-corrected chi connectivity index (χ2v) is 7.76. The van der Waals surface area contributed by atoms with Gasteiger partial charge in [-0.1, -0.05) is 6.92 Å². The van der Waals surface area contributed by atoms with Crippen molar-refractivity contribution in [3.63, 3.8) is 0 Å². The van der Waals surface area contributed by atoms with Crippen molar-refractivity contribution in [2.45, 2.75) is 63.3 Å². The summed E-state index contributed by atoms with van der Waals surface area (Å²) in [5, 5.41) is 0. The van der Waals surface area contributed by atoms with E-state index in [0.29, 0.717) is 6.61 Å². The maximum Gasteiger partial charge on any atom is 0.309 e. The van der Waals surface area contributed by atoms with Crippen LogP contribution in [0.5, 0.6) is 11.5 Å². The SMILES string of the molecule is CCOC(=O)C(C)C1CC2(CCC(N)CC2)c2cc(OC)cc(OC)c21. The zero-order chi connectivity index (χ0) is 18.9. The Morgan fingerprint density at radius 3 is 2.54 bits per heavy atom. The van der Waals surface area contributed by atoms with E-state index in [9.17, 15) is 4.79 Å². The lowest BCUT2D eigenvalue weighted by molar-refractivity contribution is -0.148. The lowest BCUT2D eigenvalue weighted by atomic mass is 9.68. The number of fused-ring (bicyclic) bond motifs is 2. The maximum atomic E-state index is 12.5. The second kappa shape index (κ2) is 7.47. The number of carbonyl (C=O) groups is 1. The van der Waals surface area contributed by atoms with E-state index in [1.807, 2.05) is 19.9 Å². The molecule has 144 valence electrons. The van der Waals surface area contributed by atoms with E-state index in [1.165, 1.54) is 5.56 Å². The average molecular weight is 361 g/mol. The highest BCUT2D eigenvalue weighted by atomic mass is 16.5. The van der Waals surface area contributed by atoms with Gasteiger partial charge in [0.2, 0.25) is 0 Å². The molecule has 2 N–H and O–H groups in total. The van der Waals surface area contributed by atoms with Gasteiger partial charge in [0.25, 0.3) is 0 Å². The van der Waals surface area contributed by atoms with Crippen molar-refractivity contribution in [3.05, 3.63) is 23.3 Å². The summed E-state index contributed by atoms with van der Waals surface area (Å²) in [6.07, 6.45) is 5.06. The van der Waals surface area contributed by atoms with Crippen LogP contribution in [0.15, 0.2) is 12.1 Å². The molecule has 2 unspecified atom stereocenters. The van der Waals surface area contributed by atoms with Crippen LogP contribution in [0.1, 0.15) is 63.0 Å². The van der Waals surface area contributed by atoms with Crippen LogP contribution in [0.4, 0.5) is 0 Å². The van der Waals surface area contributed by atoms with E-state index >= 15 is 0 Å². The summed E-state index contributed by atoms with van der Waals surface area (Å²) >= 11 is 0. The van der Waals surface area contributed by atoms with Crippen LogP contribution in [0.3, 0.4) is 0 Å². The molecule has 0 amide bonds. The van der Waals surface area contributed by atoms with Gasteiger partial charge in [-0.05, 0) is 56.1 Å². The molecule has 0 bridgehead atoms. The number of rotatable bonds is 5. The molecular formula is C21H31NO4. The molecule has 1 aromatic rings. The zero-order valence-electron chi connectivity index (χ0n) is 16.3. The van der Waals surface area contributed by atoms with E-state index < -0.39 is 0 Å². The van der Waals surface area contributed by atoms with Crippen molar-refractivity contribution in [2.24, 2.45) is 11.7 Å². The largest absolute Gasteiger partial charge is 0.497 e. The first-order valence-electron chi connectivity index (χ1n) is 9.64. The van der Waals surface area contributed by atoms with Crippen molar-refractivity contribution < 1.29 is 19.0 Å². The Balaban J connectivity index is 2.07. The van der Waals surface area contributed by atoms with E-state index in [4.69, 9.17) is 19.9 Å². The Kier molecular flexibility index (Phi) is 5.47. The molecule has 0 radical (unpaired) electrons. The topological polar surface area (TPSA) is 70.8 Å². The molecule has 2 atom stereocenters. The summed E-state index contributed by atoms with van der Waals surface area (Å²) in [6, 6.07) is 4.35. The van der Waals surface area contributed by atoms with Crippen LogP contribution in [0, 0.1) is 5.92 Å². The number of hydrogen-bond donors (Lipinski definition) is 1. The molecule has 26 heavy (non-hydrogen) atoms. The van der Waals surface area contributed by atoms with Crippen molar-refractivity contribution >= 4 is 5.97 Å². The standard InChI is InChI=1S/C21H31NO4/c1-5-26-20(23)13(2)16-12-21(8-6-14(22)7-9-21)17-10-15(24-3)11-18(25-4)19(16)17/h10-11,13-14,16H,5-9,12,22H2,1-4H3. The van der Waals surface area contributed by atoms with Crippen LogP contribution >= 0.6 is 0 Å². The zero-order valence-corrected chi connectivity index (χ0v) is 16.3. The molecule has 5 heteroatoms. The molecule has 0 saturated heterocycles. The minimum atomic E-state index is -0.203. The van der Waals surface area contributed by atoms with E-state index in [-0.39, 0.29) is 29.3 Å². The van der Waals surface area contributed by atoms with E-state index in [1.54, 1.807) is 14.2 Å². The average Bonchev–Trinajstić information content (AvgIpc) is 2.97. The molecule has 1 saturated carbocycles. The molecule has 1 fully saturated rings. The van der Waals surface area contributed by atoms with Crippen molar-refractivity contribution in [1.29, 1.82) is 0 Å². The van der Waals surface area contributed by atoms with Gasteiger partial charge in [0.1, 0.15) is 11.5 Å². The lowest BCUT2D eigenvalue weighted by Crippen LogP contribution is -2.36. The second-order valence-electron chi connectivity index (χ2n) is 7.76. The summed E-state index contributed by atoms with van der Waals surface area (Å²) in [6.45, 7) is 4.23. The van der Waals surface area contributed by atoms with E-state index in [2.05, 4.69) is 6.07 Å². The number of carbonyl (C=O) groups excluding carboxylic acids is 1. The fraction of sp³-hybridized carbons (Fsp3) is 0.667. The van der Waals surface area contributed by atoms with Crippen molar-refractivity contribution in [3.8, 4) is 11.5 Å². The number of methoxy groups -OCH3 is 2. The smallest absolute Gasteiger partial charge is 0.309 e. The van der Waals surface area contributed by atoms with E-state index in [0.717, 1.165) is 49.2 Å². The fourth-order valence-corrected chi connectivity index (χ4v) is 4.87. The Hall–Kier alpha value is -1.75. The third-order valence-electron chi connectivity index (χ3n) is 6.37. The first-order valence-corrected chi connectivity index (χ1v) is 9.64. The molecule has 2 aliphatic rings. The fourth-order valence-electron chi connectivity index (χ4n) is 4.87. The Labute approximate surface area is 156 Å². The van der Waals surface area contributed by atoms with Gasteiger partial charge in [0, 0.05) is 23.6 Å². The van der Waals surface area contributed by atoms with Gasteiger partial charge in [0.05, 0.1) is 26.7 Å². The Morgan fingerprint density at radius 2 is 1.96 bits per heavy atom. The minimum absolute atomic E-state index is 0.0540. The number of ether oxygens (including phenoxy) is 3. The highest BCUT2D eigenvalue weighted by Crippen LogP contribution is 2.58. The number of hydrogen-bond acceptors (Lipinski definition) is 5. The first kappa shape index (κ1) is 19.0. The molecule has 5 nitrogen and oxygen atoms in total. The molecule has 2 aliphatic carbocycles. The van der Waals surface area contributed by atoms with Crippen LogP contribution in [0.2, 0.25) is 0 Å². The van der Waals surface area contributed by atoms with Crippen LogP contribution in [0.25, 0.3) is 0 Å². The van der Waals surface area contributed by atoms with Crippen LogP contribution < -0.4 is 15.2 Å². The van der Waals surface area contributed by atoms with Crippen molar-refractivity contribution in [1.82, 2.24) is 0 Å². The molecule has 1 aromatic carbocycles. The summed E-state index contributed by atoms with van der Waals surface area (Å²) in [5.74, 6) is 1.38. The molecule has 3 rings (SSSR count). The first-order chi connectivity index (χ1) is 12.5. The minimum Gasteiger partial charge on any atom is -0.497 e. The lowest BCUT2D eigenvalue weighted by Gasteiger charge is -2.37. The Bertz CT molecular complexity index is 664. The predicted molar refractivity (Wildman–Crippen MR) is 101 cm³/mol. The third kappa shape index (κ3) is 3.18. The predicted octanol–water partition coefficient (Wildman–Crippen LogP) is 3.53. The van der Waals surface area contributed by atoms with Gasteiger partial charge in [-0.3, -0.25) is 4.79 Å². The third-order valence-corrected chi connectivity index (χ3v) is 6.37. The summed E-state index contributed by atoms with van der Waals surface area (Å²) < 4.78 is 16.6. The molecule has 0 aromatic heterocycles. The number of esters is 1. The van der Waals surface area contributed by atoms with Gasteiger partial charge < -0.3 is 19.9 Å². The highest BCUT2D eigenvalue weighted by Gasteiger charge is 2.49. The van der Waals surface area contributed by atoms with Crippen LogP contribution in [-0.4, -0.2) is 32.8 Å². The van der Waals surface area contributed by atoms with Gasteiger partial charge in [-0.15, -0.1) is 0 Å². The summed E-state index contributed by atoms with van der Waals surface area (Å²) in [7, 11) is 3.36. The molecular weight excluding hydrogens is 330 g/mol. The molecule has 0 aliphatic heterocycles.